The Bertz CT molecular complexity index is 1580. The lowest BCUT2D eigenvalue weighted by atomic mass is 9.86. The summed E-state index contributed by atoms with van der Waals surface area (Å²) in [6.45, 7) is 32.8. The normalized spacial score (nSPS) is 12.5. The molecule has 6 rings (SSSR count). The van der Waals surface area contributed by atoms with E-state index >= 15 is 0 Å². The van der Waals surface area contributed by atoms with Gasteiger partial charge < -0.3 is 9.40 Å². The summed E-state index contributed by atoms with van der Waals surface area (Å²) in [5.74, 6) is 1.04. The van der Waals surface area contributed by atoms with Crippen LogP contribution < -0.4 is 0 Å². The minimum Gasteiger partial charge on any atom is -0.469 e. The van der Waals surface area contributed by atoms with Gasteiger partial charge in [0.15, 0.2) is 0 Å². The van der Waals surface area contributed by atoms with E-state index in [1.807, 2.05) is 42.9 Å². The highest BCUT2D eigenvalue weighted by Crippen LogP contribution is 2.32. The number of aromatic nitrogens is 3. The quantitative estimate of drug-likeness (QED) is 0.194. The van der Waals surface area contributed by atoms with Crippen molar-refractivity contribution in [2.75, 3.05) is 0 Å². The van der Waals surface area contributed by atoms with Crippen molar-refractivity contribution in [1.29, 1.82) is 0 Å². The molecular formula is C50H86N4O. The molecule has 1 aliphatic carbocycles. The molecular weight excluding hydrogens is 673 g/mol. The van der Waals surface area contributed by atoms with Crippen LogP contribution in [0.5, 0.6) is 0 Å². The number of fused-ring (bicyclic) bond motifs is 1. The van der Waals surface area contributed by atoms with Crippen molar-refractivity contribution < 1.29 is 4.42 Å². The Kier molecular flexibility index (Phi) is 25.7. The zero-order chi connectivity index (χ0) is 37.8. The topological polar surface area (TPSA) is 67.1 Å². The highest BCUT2D eigenvalue weighted by Gasteiger charge is 2.18. The van der Waals surface area contributed by atoms with Gasteiger partial charge in [-0.2, -0.15) is 0 Å². The van der Waals surface area contributed by atoms with Crippen LogP contribution in [0.3, 0.4) is 0 Å². The summed E-state index contributed by atoms with van der Waals surface area (Å²) in [6, 6.07) is 16.6. The third kappa shape index (κ3) is 21.0. The van der Waals surface area contributed by atoms with Gasteiger partial charge in [-0.3, -0.25) is 9.98 Å². The fourth-order valence-electron chi connectivity index (χ4n) is 4.75. The molecule has 0 amide bonds. The molecule has 0 spiro atoms. The largest absolute Gasteiger partial charge is 0.469 e. The number of aliphatic imine (C=N–C) groups is 1. The van der Waals surface area contributed by atoms with Gasteiger partial charge in [-0.15, -0.1) is 0 Å². The van der Waals surface area contributed by atoms with Gasteiger partial charge in [-0.1, -0.05) is 183 Å². The third-order valence-corrected chi connectivity index (χ3v) is 8.23. The Morgan fingerprint density at radius 2 is 1.27 bits per heavy atom. The minimum atomic E-state index is 0. The van der Waals surface area contributed by atoms with Crippen LogP contribution in [-0.4, -0.2) is 21.2 Å². The molecule has 2 aliphatic rings. The highest BCUT2D eigenvalue weighted by molar-refractivity contribution is 5.76. The number of furan rings is 1. The molecule has 0 saturated heterocycles. The fourth-order valence-corrected chi connectivity index (χ4v) is 4.75. The standard InChI is InChI=1S/C12H15N.C9H13N.C9H14.C8H12O.C7H12N2.5CH4/c1-12(2,3)10-5-4-9-6-7-13-11(9)8-10;1-9(2,3)8-6-4-5-7-10-8;1-9(2,3)8-6-4-5-7-8;1-8(2,3)7-5-4-6-9-7;1-7(2,3)6-4-8-5-9-6;;;;;/h4-5,7-8H,6H2,1-3H3;4-7H,1-3H3;4-6H,7H2,1-3H3;4-6H,1-3H3;4-5H,1-3H3,(H,8,9);5*1H4. The van der Waals surface area contributed by atoms with Crippen LogP contribution in [0.2, 0.25) is 0 Å². The Morgan fingerprint density at radius 1 is 0.636 bits per heavy atom. The second kappa shape index (κ2) is 24.5. The maximum Gasteiger partial charge on any atom is 0.109 e. The first-order valence-electron chi connectivity index (χ1n) is 18.0. The first-order chi connectivity index (χ1) is 23.0. The summed E-state index contributed by atoms with van der Waals surface area (Å²) >= 11 is 0. The number of aromatic amines is 1. The van der Waals surface area contributed by atoms with Crippen molar-refractivity contribution in [2.45, 2.75) is 175 Å². The molecule has 4 heterocycles. The number of nitrogens with one attached hydrogen (secondary N) is 1. The van der Waals surface area contributed by atoms with Crippen molar-refractivity contribution in [3.05, 3.63) is 126 Å². The first-order valence-corrected chi connectivity index (χ1v) is 18.0. The molecule has 1 aromatic carbocycles. The maximum absolute atomic E-state index is 5.20. The van der Waals surface area contributed by atoms with Crippen LogP contribution in [0.1, 0.15) is 176 Å². The average Bonchev–Trinajstić information content (AvgIpc) is 3.84. The number of nitrogens with zero attached hydrogens (tertiary/aromatic N) is 3. The molecule has 4 aromatic rings. The highest BCUT2D eigenvalue weighted by atomic mass is 16.3. The zero-order valence-corrected chi connectivity index (χ0v) is 33.9. The van der Waals surface area contributed by atoms with Crippen molar-refractivity contribution in [2.24, 2.45) is 10.4 Å². The summed E-state index contributed by atoms with van der Waals surface area (Å²) < 4.78 is 5.20. The smallest absolute Gasteiger partial charge is 0.109 e. The lowest BCUT2D eigenvalue weighted by molar-refractivity contribution is 0.409. The second-order valence-corrected chi connectivity index (χ2v) is 18.1. The van der Waals surface area contributed by atoms with Crippen LogP contribution in [0.25, 0.3) is 0 Å². The van der Waals surface area contributed by atoms with Gasteiger partial charge in [0.05, 0.1) is 18.3 Å². The van der Waals surface area contributed by atoms with E-state index in [4.69, 9.17) is 4.42 Å². The monoisotopic (exact) mass is 759 g/mol. The lowest BCUT2D eigenvalue weighted by Crippen LogP contribution is -2.12. The molecule has 3 aromatic heterocycles. The Hall–Kier alpha value is -3.99. The molecule has 0 saturated carbocycles. The van der Waals surface area contributed by atoms with E-state index in [1.54, 1.807) is 18.2 Å². The summed E-state index contributed by atoms with van der Waals surface area (Å²) in [4.78, 5) is 15.6. The SMILES string of the molecule is C.C.C.C.C.CC(C)(C)C1=CC=CC1.CC(C)(C)c1ccc2c(c1)N=CC2.CC(C)(C)c1ccccn1.CC(C)(C)c1ccco1.CC(C)(C)c1cnc[nH]1. The summed E-state index contributed by atoms with van der Waals surface area (Å²) in [7, 11) is 0. The van der Waals surface area contributed by atoms with E-state index in [0.717, 1.165) is 30.0 Å². The number of hydrogen-bond acceptors (Lipinski definition) is 4. The van der Waals surface area contributed by atoms with Gasteiger partial charge in [0, 0.05) is 52.7 Å². The van der Waals surface area contributed by atoms with E-state index < -0.39 is 0 Å². The van der Waals surface area contributed by atoms with Crippen LogP contribution in [0.4, 0.5) is 5.69 Å². The van der Waals surface area contributed by atoms with Crippen molar-refractivity contribution in [1.82, 2.24) is 15.0 Å². The number of pyridine rings is 1. The Morgan fingerprint density at radius 3 is 1.60 bits per heavy atom. The number of imidazole rings is 1. The zero-order valence-electron chi connectivity index (χ0n) is 33.9. The van der Waals surface area contributed by atoms with E-state index in [2.05, 4.69) is 166 Å². The van der Waals surface area contributed by atoms with Crippen LogP contribution >= 0.6 is 0 Å². The fraction of sp³-hybridized carbons (Fsp3) is 0.540. The van der Waals surface area contributed by atoms with Gasteiger partial charge in [0.1, 0.15) is 5.76 Å². The molecule has 1 aliphatic heterocycles. The van der Waals surface area contributed by atoms with E-state index in [0.29, 0.717) is 5.41 Å². The molecule has 0 atom stereocenters. The van der Waals surface area contributed by atoms with Crippen molar-refractivity contribution in [3.63, 3.8) is 0 Å². The lowest BCUT2D eigenvalue weighted by Gasteiger charge is -2.19. The van der Waals surface area contributed by atoms with Crippen molar-refractivity contribution in [3.8, 4) is 0 Å². The molecule has 0 bridgehead atoms. The third-order valence-electron chi connectivity index (χ3n) is 8.23. The Balaban J connectivity index is -0.000000291. The molecule has 5 nitrogen and oxygen atoms in total. The molecule has 55 heavy (non-hydrogen) atoms. The first kappa shape index (κ1) is 57.7. The van der Waals surface area contributed by atoms with Gasteiger partial charge in [0.25, 0.3) is 0 Å². The Labute approximate surface area is 341 Å². The molecule has 1 N–H and O–H groups in total. The number of benzene rings is 1. The van der Waals surface area contributed by atoms with Gasteiger partial charge in [0.2, 0.25) is 0 Å². The van der Waals surface area contributed by atoms with E-state index in [-0.39, 0.29) is 58.8 Å². The van der Waals surface area contributed by atoms with Gasteiger partial charge in [-0.05, 0) is 58.7 Å². The predicted molar refractivity (Wildman–Crippen MR) is 250 cm³/mol. The van der Waals surface area contributed by atoms with Crippen LogP contribution in [-0.2, 0) is 28.1 Å². The molecule has 0 unspecified atom stereocenters. The predicted octanol–water partition coefficient (Wildman–Crippen LogP) is 16.0. The number of rotatable bonds is 0. The molecule has 0 radical (unpaired) electrons. The summed E-state index contributed by atoms with van der Waals surface area (Å²) in [6.07, 6.45) is 17.8. The summed E-state index contributed by atoms with van der Waals surface area (Å²) in [5, 5.41) is 0. The van der Waals surface area contributed by atoms with Gasteiger partial charge in [-0.25, -0.2) is 4.98 Å². The van der Waals surface area contributed by atoms with Gasteiger partial charge >= 0.3 is 0 Å². The molecule has 0 fully saturated rings. The molecule has 5 heteroatoms. The van der Waals surface area contributed by atoms with Crippen LogP contribution in [0.15, 0.2) is 107 Å². The number of allylic oxidation sites excluding steroid dienone is 4. The van der Waals surface area contributed by atoms with E-state index in [9.17, 15) is 0 Å². The minimum absolute atomic E-state index is 0. The average molecular weight is 759 g/mol. The number of hydrogen-bond donors (Lipinski definition) is 1. The summed E-state index contributed by atoms with van der Waals surface area (Å²) in [5.41, 5.74) is 8.91. The maximum atomic E-state index is 5.20. The molecule has 312 valence electrons. The number of H-pyrrole nitrogens is 1. The second-order valence-electron chi connectivity index (χ2n) is 18.1. The van der Waals surface area contributed by atoms with Crippen molar-refractivity contribution >= 4 is 11.9 Å². The van der Waals surface area contributed by atoms with Crippen LogP contribution in [0, 0.1) is 5.41 Å². The van der Waals surface area contributed by atoms with E-state index in [1.165, 1.54) is 16.8 Å².